The third-order valence-corrected chi connectivity index (χ3v) is 3.40. The third kappa shape index (κ3) is 5.84. The molecule has 0 aliphatic carbocycles. The van der Waals surface area contributed by atoms with Gasteiger partial charge in [0, 0.05) is 25.0 Å². The predicted molar refractivity (Wildman–Crippen MR) is 92.5 cm³/mol. The number of ether oxygens (including phenoxy) is 1. The summed E-state index contributed by atoms with van der Waals surface area (Å²) in [6, 6.07) is 6.88. The van der Waals surface area contributed by atoms with Crippen molar-refractivity contribution in [3.05, 3.63) is 35.0 Å². The van der Waals surface area contributed by atoms with Crippen molar-refractivity contribution in [2.24, 2.45) is 0 Å². The van der Waals surface area contributed by atoms with E-state index in [9.17, 15) is 10.1 Å². The van der Waals surface area contributed by atoms with Crippen molar-refractivity contribution in [2.45, 2.75) is 26.7 Å². The first kappa shape index (κ1) is 18.9. The highest BCUT2D eigenvalue weighted by molar-refractivity contribution is 6.32. The number of anilines is 1. The molecule has 1 rings (SSSR count). The highest BCUT2D eigenvalue weighted by Gasteiger charge is 2.12. The van der Waals surface area contributed by atoms with Crippen molar-refractivity contribution in [1.29, 1.82) is 5.26 Å². The monoisotopic (exact) mass is 335 g/mol. The summed E-state index contributed by atoms with van der Waals surface area (Å²) in [5.41, 5.74) is 0.582. The fourth-order valence-electron chi connectivity index (χ4n) is 2.08. The average Bonchev–Trinajstić information content (AvgIpc) is 2.53. The van der Waals surface area contributed by atoms with Crippen LogP contribution in [0.5, 0.6) is 5.75 Å². The van der Waals surface area contributed by atoms with E-state index in [4.69, 9.17) is 16.3 Å². The molecule has 0 unspecified atom stereocenters. The van der Waals surface area contributed by atoms with Gasteiger partial charge in [-0.3, -0.25) is 4.79 Å². The van der Waals surface area contributed by atoms with E-state index in [0.29, 0.717) is 16.5 Å². The van der Waals surface area contributed by atoms with Crippen molar-refractivity contribution in [1.82, 2.24) is 4.90 Å². The second-order valence-corrected chi connectivity index (χ2v) is 5.40. The van der Waals surface area contributed by atoms with Gasteiger partial charge in [-0.05, 0) is 31.0 Å². The molecule has 0 aliphatic heterocycles. The zero-order chi connectivity index (χ0) is 17.2. The van der Waals surface area contributed by atoms with Crippen LogP contribution in [0.3, 0.4) is 0 Å². The highest BCUT2D eigenvalue weighted by atomic mass is 35.5. The molecule has 6 heteroatoms. The standard InChI is InChI=1S/C17H22ClN3O2/c1-4-8-21(9-5-2)12-13(11-19)17(22)20-14-6-7-16(23-3)15(18)10-14/h6-7,10,12H,4-5,8-9H2,1-3H3,(H,20,22)/b13-12-. The number of carbonyl (C=O) groups excluding carboxylic acids is 1. The number of hydrogen-bond donors (Lipinski definition) is 1. The molecule has 0 aliphatic rings. The average molecular weight is 336 g/mol. The first-order valence-electron chi connectivity index (χ1n) is 7.56. The van der Waals surface area contributed by atoms with Crippen LogP contribution in [0.15, 0.2) is 30.0 Å². The Morgan fingerprint density at radius 1 is 1.39 bits per heavy atom. The highest BCUT2D eigenvalue weighted by Crippen LogP contribution is 2.27. The molecule has 124 valence electrons. The second kappa shape index (κ2) is 9.75. The Morgan fingerprint density at radius 3 is 2.52 bits per heavy atom. The molecule has 0 bridgehead atoms. The number of rotatable bonds is 8. The summed E-state index contributed by atoms with van der Waals surface area (Å²) in [7, 11) is 1.52. The van der Waals surface area contributed by atoms with E-state index in [0.717, 1.165) is 25.9 Å². The van der Waals surface area contributed by atoms with E-state index < -0.39 is 5.91 Å². The van der Waals surface area contributed by atoms with Gasteiger partial charge in [-0.2, -0.15) is 5.26 Å². The van der Waals surface area contributed by atoms with Crippen molar-refractivity contribution < 1.29 is 9.53 Å². The minimum Gasteiger partial charge on any atom is -0.495 e. The van der Waals surface area contributed by atoms with Crippen LogP contribution in [-0.4, -0.2) is 31.0 Å². The van der Waals surface area contributed by atoms with Gasteiger partial charge in [0.2, 0.25) is 0 Å². The van der Waals surface area contributed by atoms with Crippen LogP contribution in [0, 0.1) is 11.3 Å². The molecule has 1 aromatic rings. The fourth-order valence-corrected chi connectivity index (χ4v) is 2.34. The zero-order valence-electron chi connectivity index (χ0n) is 13.7. The first-order chi connectivity index (χ1) is 11.0. The van der Waals surface area contributed by atoms with Crippen LogP contribution in [0.4, 0.5) is 5.69 Å². The lowest BCUT2D eigenvalue weighted by Gasteiger charge is -2.19. The molecular formula is C17H22ClN3O2. The Balaban J connectivity index is 2.88. The minimum atomic E-state index is -0.453. The summed E-state index contributed by atoms with van der Waals surface area (Å²) in [5, 5.41) is 12.3. The topological polar surface area (TPSA) is 65.4 Å². The van der Waals surface area contributed by atoms with Gasteiger partial charge in [0.1, 0.15) is 17.4 Å². The van der Waals surface area contributed by atoms with Gasteiger partial charge in [-0.15, -0.1) is 0 Å². The Labute approximate surface area is 142 Å². The third-order valence-electron chi connectivity index (χ3n) is 3.11. The summed E-state index contributed by atoms with van der Waals surface area (Å²) in [6.07, 6.45) is 3.52. The van der Waals surface area contributed by atoms with E-state index >= 15 is 0 Å². The summed E-state index contributed by atoms with van der Waals surface area (Å²) < 4.78 is 5.06. The Bertz CT molecular complexity index is 602. The molecular weight excluding hydrogens is 314 g/mol. The van der Waals surface area contributed by atoms with Crippen LogP contribution in [0.2, 0.25) is 5.02 Å². The number of amides is 1. The number of hydrogen-bond acceptors (Lipinski definition) is 4. The fraction of sp³-hybridized carbons (Fsp3) is 0.412. The van der Waals surface area contributed by atoms with Crippen molar-refractivity contribution in [3.63, 3.8) is 0 Å². The molecule has 0 saturated carbocycles. The molecule has 1 N–H and O–H groups in total. The van der Waals surface area contributed by atoms with Gasteiger partial charge in [-0.25, -0.2) is 0 Å². The van der Waals surface area contributed by atoms with E-state index in [1.807, 2.05) is 11.0 Å². The van der Waals surface area contributed by atoms with Crippen molar-refractivity contribution >= 4 is 23.2 Å². The number of nitriles is 1. The predicted octanol–water partition coefficient (Wildman–Crippen LogP) is 3.82. The molecule has 23 heavy (non-hydrogen) atoms. The number of methoxy groups -OCH3 is 1. The second-order valence-electron chi connectivity index (χ2n) is 4.99. The van der Waals surface area contributed by atoms with Gasteiger partial charge in [-0.1, -0.05) is 25.4 Å². The van der Waals surface area contributed by atoms with Crippen molar-refractivity contribution in [2.75, 3.05) is 25.5 Å². The maximum atomic E-state index is 12.3. The Morgan fingerprint density at radius 2 is 2.04 bits per heavy atom. The number of carbonyl (C=O) groups is 1. The molecule has 0 spiro atoms. The molecule has 0 fully saturated rings. The quantitative estimate of drug-likeness (QED) is 0.579. The molecule has 5 nitrogen and oxygen atoms in total. The molecule has 0 aromatic heterocycles. The molecule has 0 radical (unpaired) electrons. The largest absolute Gasteiger partial charge is 0.495 e. The molecule has 0 atom stereocenters. The molecule has 1 aromatic carbocycles. The van der Waals surface area contributed by atoms with Gasteiger partial charge in [0.05, 0.1) is 12.1 Å². The van der Waals surface area contributed by atoms with Crippen LogP contribution in [-0.2, 0) is 4.79 Å². The van der Waals surface area contributed by atoms with E-state index in [1.54, 1.807) is 24.4 Å². The summed E-state index contributed by atoms with van der Waals surface area (Å²) >= 11 is 6.03. The number of halogens is 1. The van der Waals surface area contributed by atoms with E-state index in [1.165, 1.54) is 7.11 Å². The maximum absolute atomic E-state index is 12.3. The number of nitrogens with zero attached hydrogens (tertiary/aromatic N) is 2. The van der Waals surface area contributed by atoms with Gasteiger partial charge < -0.3 is 15.0 Å². The SMILES string of the molecule is CCCN(/C=C(/C#N)C(=O)Nc1ccc(OC)c(Cl)c1)CCC. The van der Waals surface area contributed by atoms with Crippen LogP contribution in [0.25, 0.3) is 0 Å². The maximum Gasteiger partial charge on any atom is 0.267 e. The van der Waals surface area contributed by atoms with Crippen LogP contribution < -0.4 is 10.1 Å². The zero-order valence-corrected chi connectivity index (χ0v) is 14.5. The van der Waals surface area contributed by atoms with Crippen LogP contribution >= 0.6 is 11.6 Å². The summed E-state index contributed by atoms with van der Waals surface area (Å²) in [5.74, 6) is 0.0729. The summed E-state index contributed by atoms with van der Waals surface area (Å²) in [6.45, 7) is 5.73. The summed E-state index contributed by atoms with van der Waals surface area (Å²) in [4.78, 5) is 14.2. The van der Waals surface area contributed by atoms with E-state index in [2.05, 4.69) is 19.2 Å². The van der Waals surface area contributed by atoms with E-state index in [-0.39, 0.29) is 5.57 Å². The molecule has 0 saturated heterocycles. The lowest BCUT2D eigenvalue weighted by atomic mass is 10.2. The van der Waals surface area contributed by atoms with Gasteiger partial charge in [0.25, 0.3) is 5.91 Å². The van der Waals surface area contributed by atoms with Gasteiger partial charge in [0.15, 0.2) is 0 Å². The number of benzene rings is 1. The van der Waals surface area contributed by atoms with Gasteiger partial charge >= 0.3 is 0 Å². The number of nitrogens with one attached hydrogen (secondary N) is 1. The van der Waals surface area contributed by atoms with Crippen molar-refractivity contribution in [3.8, 4) is 11.8 Å². The normalized spacial score (nSPS) is 10.8. The first-order valence-corrected chi connectivity index (χ1v) is 7.94. The Hall–Kier alpha value is -2.19. The Kier molecular flexibility index (Phi) is 8.00. The smallest absolute Gasteiger partial charge is 0.267 e. The molecule has 1 amide bonds. The minimum absolute atomic E-state index is 0.0684. The lowest BCUT2D eigenvalue weighted by molar-refractivity contribution is -0.112. The lowest BCUT2D eigenvalue weighted by Crippen LogP contribution is -2.22. The molecule has 0 heterocycles. The van der Waals surface area contributed by atoms with Crippen LogP contribution in [0.1, 0.15) is 26.7 Å².